The normalized spacial score (nSPS) is 19.1. The molecule has 1 atom stereocenters. The third kappa shape index (κ3) is 3.57. The van der Waals surface area contributed by atoms with E-state index in [1.165, 1.54) is 0 Å². The van der Waals surface area contributed by atoms with Crippen molar-refractivity contribution in [2.75, 3.05) is 19.8 Å². The van der Waals surface area contributed by atoms with Crippen molar-refractivity contribution >= 4 is 5.91 Å². The van der Waals surface area contributed by atoms with Crippen LogP contribution in [0.4, 0.5) is 0 Å². The largest absolute Gasteiger partial charge is 0.381 e. The molecule has 1 aromatic heterocycles. The smallest absolute Gasteiger partial charge is 0.254 e. The molecule has 1 aliphatic rings. The second-order valence-corrected chi connectivity index (χ2v) is 4.79. The highest BCUT2D eigenvalue weighted by molar-refractivity contribution is 5.93. The zero-order chi connectivity index (χ0) is 12.8. The Morgan fingerprint density at radius 3 is 3.28 bits per heavy atom. The lowest BCUT2D eigenvalue weighted by Crippen LogP contribution is -2.29. The number of amides is 1. The van der Waals surface area contributed by atoms with E-state index in [0.717, 1.165) is 39.0 Å². The van der Waals surface area contributed by atoms with Crippen molar-refractivity contribution in [3.05, 3.63) is 18.0 Å². The van der Waals surface area contributed by atoms with Gasteiger partial charge in [-0.05, 0) is 12.8 Å². The molecule has 18 heavy (non-hydrogen) atoms. The van der Waals surface area contributed by atoms with Crippen LogP contribution in [-0.4, -0.2) is 35.4 Å². The van der Waals surface area contributed by atoms with Crippen molar-refractivity contribution in [1.29, 1.82) is 0 Å². The van der Waals surface area contributed by atoms with Crippen LogP contribution >= 0.6 is 0 Å². The number of nitrogens with one attached hydrogen (secondary N) is 1. The minimum absolute atomic E-state index is 0.0374. The Kier molecular flexibility index (Phi) is 4.75. The average molecular weight is 251 g/mol. The third-order valence-corrected chi connectivity index (χ3v) is 3.21. The molecule has 2 rings (SSSR count). The summed E-state index contributed by atoms with van der Waals surface area (Å²) in [7, 11) is 0. The first-order valence-corrected chi connectivity index (χ1v) is 6.68. The Hall–Kier alpha value is -1.36. The maximum absolute atomic E-state index is 11.9. The molecule has 1 aliphatic heterocycles. The van der Waals surface area contributed by atoms with Crippen molar-refractivity contribution in [1.82, 2.24) is 15.1 Å². The van der Waals surface area contributed by atoms with Crippen LogP contribution in [0.1, 0.15) is 36.5 Å². The second-order valence-electron chi connectivity index (χ2n) is 4.79. The number of carbonyl (C=O) groups is 1. The molecule has 5 heteroatoms. The number of hydrogen-bond donors (Lipinski definition) is 1. The van der Waals surface area contributed by atoms with Gasteiger partial charge < -0.3 is 10.1 Å². The predicted molar refractivity (Wildman–Crippen MR) is 68.4 cm³/mol. The highest BCUT2D eigenvalue weighted by Crippen LogP contribution is 2.11. The molecule has 5 nitrogen and oxygen atoms in total. The van der Waals surface area contributed by atoms with E-state index in [1.807, 2.05) is 10.9 Å². The number of hydrogen-bond acceptors (Lipinski definition) is 3. The molecule has 0 aromatic carbocycles. The quantitative estimate of drug-likeness (QED) is 0.832. The standard InChI is InChI=1S/C13H21N3O2/c1-2-3-5-16-9-12(8-15-16)13(17)14-7-11-4-6-18-10-11/h8-9,11H,2-7,10H2,1H3,(H,14,17). The maximum atomic E-state index is 11.9. The third-order valence-electron chi connectivity index (χ3n) is 3.21. The van der Waals surface area contributed by atoms with E-state index in [0.29, 0.717) is 18.0 Å². The molecular formula is C13H21N3O2. The molecule has 1 aromatic rings. The van der Waals surface area contributed by atoms with E-state index in [1.54, 1.807) is 6.20 Å². The van der Waals surface area contributed by atoms with Crippen molar-refractivity contribution in [3.63, 3.8) is 0 Å². The first-order valence-electron chi connectivity index (χ1n) is 6.68. The van der Waals surface area contributed by atoms with Crippen LogP contribution < -0.4 is 5.32 Å². The Bertz CT molecular complexity index is 383. The lowest BCUT2D eigenvalue weighted by atomic mass is 10.1. The molecule has 1 saturated heterocycles. The summed E-state index contributed by atoms with van der Waals surface area (Å²) < 4.78 is 7.11. The average Bonchev–Trinajstić information content (AvgIpc) is 3.04. The van der Waals surface area contributed by atoms with E-state index < -0.39 is 0 Å². The Balaban J connectivity index is 1.78. The number of carbonyl (C=O) groups excluding carboxylic acids is 1. The van der Waals surface area contributed by atoms with Gasteiger partial charge in [0.2, 0.25) is 0 Å². The maximum Gasteiger partial charge on any atom is 0.254 e. The minimum Gasteiger partial charge on any atom is -0.381 e. The predicted octanol–water partition coefficient (Wildman–Crippen LogP) is 1.45. The lowest BCUT2D eigenvalue weighted by molar-refractivity contribution is 0.0945. The van der Waals surface area contributed by atoms with Gasteiger partial charge in [-0.2, -0.15) is 5.10 Å². The van der Waals surface area contributed by atoms with Gasteiger partial charge in [-0.3, -0.25) is 9.48 Å². The molecule has 1 N–H and O–H groups in total. The number of aromatic nitrogens is 2. The summed E-state index contributed by atoms with van der Waals surface area (Å²) in [5.74, 6) is 0.425. The minimum atomic E-state index is -0.0374. The summed E-state index contributed by atoms with van der Waals surface area (Å²) in [5.41, 5.74) is 0.644. The van der Waals surface area contributed by atoms with Gasteiger partial charge in [0.1, 0.15) is 0 Å². The van der Waals surface area contributed by atoms with Crippen LogP contribution in [0, 0.1) is 5.92 Å². The van der Waals surface area contributed by atoms with Crippen LogP contribution in [0.2, 0.25) is 0 Å². The van der Waals surface area contributed by atoms with Gasteiger partial charge in [0.25, 0.3) is 5.91 Å². The fourth-order valence-corrected chi connectivity index (χ4v) is 2.01. The van der Waals surface area contributed by atoms with Gasteiger partial charge in [0.15, 0.2) is 0 Å². The lowest BCUT2D eigenvalue weighted by Gasteiger charge is -2.08. The molecule has 1 amide bonds. The van der Waals surface area contributed by atoms with E-state index in [2.05, 4.69) is 17.3 Å². The molecule has 0 saturated carbocycles. The highest BCUT2D eigenvalue weighted by Gasteiger charge is 2.17. The van der Waals surface area contributed by atoms with E-state index in [9.17, 15) is 4.79 Å². The summed E-state index contributed by atoms with van der Waals surface area (Å²) in [4.78, 5) is 11.9. The SMILES string of the molecule is CCCCn1cc(C(=O)NCC2CCOC2)cn1. The van der Waals surface area contributed by atoms with Crippen molar-refractivity contribution in [3.8, 4) is 0 Å². The van der Waals surface area contributed by atoms with Crippen molar-refractivity contribution < 1.29 is 9.53 Å². The Morgan fingerprint density at radius 2 is 2.56 bits per heavy atom. The van der Waals surface area contributed by atoms with Gasteiger partial charge >= 0.3 is 0 Å². The Labute approximate surface area is 108 Å². The fraction of sp³-hybridized carbons (Fsp3) is 0.692. The number of unbranched alkanes of at least 4 members (excludes halogenated alkanes) is 1. The van der Waals surface area contributed by atoms with E-state index in [-0.39, 0.29) is 5.91 Å². The summed E-state index contributed by atoms with van der Waals surface area (Å²) in [6.45, 7) is 5.28. The van der Waals surface area contributed by atoms with Crippen LogP contribution in [0.5, 0.6) is 0 Å². The van der Waals surface area contributed by atoms with E-state index >= 15 is 0 Å². The zero-order valence-electron chi connectivity index (χ0n) is 10.9. The van der Waals surface area contributed by atoms with Gasteiger partial charge in [0, 0.05) is 31.8 Å². The monoisotopic (exact) mass is 251 g/mol. The Morgan fingerprint density at radius 1 is 1.67 bits per heavy atom. The summed E-state index contributed by atoms with van der Waals surface area (Å²) in [5, 5.41) is 7.12. The molecule has 0 bridgehead atoms. The van der Waals surface area contributed by atoms with E-state index in [4.69, 9.17) is 4.74 Å². The highest BCUT2D eigenvalue weighted by atomic mass is 16.5. The van der Waals surface area contributed by atoms with Gasteiger partial charge in [-0.15, -0.1) is 0 Å². The summed E-state index contributed by atoms with van der Waals surface area (Å²) in [6, 6.07) is 0. The van der Waals surface area contributed by atoms with Gasteiger partial charge in [0.05, 0.1) is 18.4 Å². The van der Waals surface area contributed by atoms with Crippen LogP contribution in [0.15, 0.2) is 12.4 Å². The van der Waals surface area contributed by atoms with Crippen molar-refractivity contribution in [2.24, 2.45) is 5.92 Å². The number of nitrogens with zero attached hydrogens (tertiary/aromatic N) is 2. The fourth-order valence-electron chi connectivity index (χ4n) is 2.01. The first kappa shape index (κ1) is 13.1. The van der Waals surface area contributed by atoms with Gasteiger partial charge in [-0.1, -0.05) is 13.3 Å². The topological polar surface area (TPSA) is 56.2 Å². The summed E-state index contributed by atoms with van der Waals surface area (Å²) >= 11 is 0. The van der Waals surface area contributed by atoms with Crippen molar-refractivity contribution in [2.45, 2.75) is 32.7 Å². The molecule has 0 spiro atoms. The second kappa shape index (κ2) is 6.54. The molecule has 1 unspecified atom stereocenters. The molecule has 0 radical (unpaired) electrons. The van der Waals surface area contributed by atoms with Crippen LogP contribution in [0.3, 0.4) is 0 Å². The number of aryl methyl sites for hydroxylation is 1. The molecule has 0 aliphatic carbocycles. The first-order chi connectivity index (χ1) is 8.79. The summed E-state index contributed by atoms with van der Waals surface area (Å²) in [6.07, 6.45) is 6.70. The number of ether oxygens (including phenoxy) is 1. The molecule has 2 heterocycles. The molecule has 100 valence electrons. The number of rotatable bonds is 6. The molecular weight excluding hydrogens is 230 g/mol. The van der Waals surface area contributed by atoms with Crippen LogP contribution in [0.25, 0.3) is 0 Å². The zero-order valence-corrected chi connectivity index (χ0v) is 10.9. The van der Waals surface area contributed by atoms with Gasteiger partial charge in [-0.25, -0.2) is 0 Å². The molecule has 1 fully saturated rings. The van der Waals surface area contributed by atoms with Crippen LogP contribution in [-0.2, 0) is 11.3 Å².